The standard InChI is InChI=1S/C14H20N4O.HI/c1-3-16-14(17-4-2)18-9-10-19-13-7-5-12(11-15)6-8-13;/h5-8H,3-4,9-10H2,1-2H3,(H2,16,17,18);1H. The van der Waals surface area contributed by atoms with Gasteiger partial charge >= 0.3 is 0 Å². The SMILES string of the molecule is CCNC(=NCCOc1ccc(C#N)cc1)NCC.I. The van der Waals surface area contributed by atoms with Crippen molar-refractivity contribution < 1.29 is 4.74 Å². The van der Waals surface area contributed by atoms with Gasteiger partial charge in [-0.05, 0) is 38.1 Å². The summed E-state index contributed by atoms with van der Waals surface area (Å²) in [5.41, 5.74) is 0.631. The molecule has 0 aromatic heterocycles. The van der Waals surface area contributed by atoms with Crippen molar-refractivity contribution in [3.63, 3.8) is 0 Å². The Kier molecular flexibility index (Phi) is 10.5. The molecule has 110 valence electrons. The Morgan fingerprint density at radius 2 is 1.80 bits per heavy atom. The van der Waals surface area contributed by atoms with Gasteiger partial charge in [0.05, 0.1) is 18.2 Å². The van der Waals surface area contributed by atoms with Crippen LogP contribution in [0.15, 0.2) is 29.3 Å². The van der Waals surface area contributed by atoms with Crippen molar-refractivity contribution in [3.05, 3.63) is 29.8 Å². The van der Waals surface area contributed by atoms with Crippen LogP contribution in [-0.2, 0) is 0 Å². The molecule has 1 aromatic carbocycles. The second kappa shape index (κ2) is 11.3. The Labute approximate surface area is 137 Å². The van der Waals surface area contributed by atoms with Crippen LogP contribution in [0.3, 0.4) is 0 Å². The summed E-state index contributed by atoms with van der Waals surface area (Å²) in [5.74, 6) is 1.55. The number of ether oxygens (including phenoxy) is 1. The maximum absolute atomic E-state index is 8.68. The fraction of sp³-hybridized carbons (Fsp3) is 0.429. The van der Waals surface area contributed by atoms with Gasteiger partial charge in [-0.3, -0.25) is 0 Å². The van der Waals surface area contributed by atoms with E-state index < -0.39 is 0 Å². The van der Waals surface area contributed by atoms with Gasteiger partial charge in [0.2, 0.25) is 0 Å². The number of aliphatic imine (C=N–C) groups is 1. The van der Waals surface area contributed by atoms with Gasteiger partial charge in [-0.15, -0.1) is 24.0 Å². The van der Waals surface area contributed by atoms with E-state index >= 15 is 0 Å². The van der Waals surface area contributed by atoms with Crippen LogP contribution in [0.25, 0.3) is 0 Å². The Morgan fingerprint density at radius 1 is 1.20 bits per heavy atom. The summed E-state index contributed by atoms with van der Waals surface area (Å²) < 4.78 is 5.54. The summed E-state index contributed by atoms with van der Waals surface area (Å²) in [4.78, 5) is 4.37. The number of nitrogens with one attached hydrogen (secondary N) is 2. The molecule has 0 spiro atoms. The van der Waals surface area contributed by atoms with Gasteiger partial charge in [-0.2, -0.15) is 5.26 Å². The van der Waals surface area contributed by atoms with Gasteiger partial charge in [-0.25, -0.2) is 4.99 Å². The summed E-state index contributed by atoms with van der Waals surface area (Å²) in [6.45, 7) is 6.81. The number of nitriles is 1. The Hall–Kier alpha value is -1.49. The molecule has 0 fully saturated rings. The summed E-state index contributed by atoms with van der Waals surface area (Å²) in [5, 5.41) is 15.0. The normalized spacial score (nSPS) is 8.85. The van der Waals surface area contributed by atoms with Gasteiger partial charge in [-0.1, -0.05) is 0 Å². The van der Waals surface area contributed by atoms with Crippen molar-refractivity contribution in [3.8, 4) is 11.8 Å². The zero-order valence-corrected chi connectivity index (χ0v) is 14.2. The Balaban J connectivity index is 0.00000361. The molecule has 5 nitrogen and oxygen atoms in total. The van der Waals surface area contributed by atoms with E-state index in [4.69, 9.17) is 10.00 Å². The monoisotopic (exact) mass is 388 g/mol. The molecule has 2 N–H and O–H groups in total. The average Bonchev–Trinajstić information content (AvgIpc) is 2.44. The van der Waals surface area contributed by atoms with Gasteiger partial charge in [0.25, 0.3) is 0 Å². The lowest BCUT2D eigenvalue weighted by atomic mass is 10.2. The summed E-state index contributed by atoms with van der Waals surface area (Å²) >= 11 is 0. The zero-order chi connectivity index (χ0) is 13.9. The maximum atomic E-state index is 8.68. The van der Waals surface area contributed by atoms with E-state index in [-0.39, 0.29) is 24.0 Å². The van der Waals surface area contributed by atoms with Gasteiger partial charge in [0.1, 0.15) is 12.4 Å². The molecule has 0 saturated carbocycles. The predicted octanol–water partition coefficient (Wildman–Crippen LogP) is 2.13. The largest absolute Gasteiger partial charge is 0.492 e. The van der Waals surface area contributed by atoms with Crippen LogP contribution in [0.2, 0.25) is 0 Å². The van der Waals surface area contributed by atoms with Crippen molar-refractivity contribution in [2.45, 2.75) is 13.8 Å². The molecule has 6 heteroatoms. The quantitative estimate of drug-likeness (QED) is 0.339. The Morgan fingerprint density at radius 3 is 2.30 bits per heavy atom. The molecule has 0 unspecified atom stereocenters. The number of hydrogen-bond donors (Lipinski definition) is 2. The highest BCUT2D eigenvalue weighted by Crippen LogP contribution is 2.11. The third-order valence-electron chi connectivity index (χ3n) is 2.30. The third-order valence-corrected chi connectivity index (χ3v) is 2.30. The van der Waals surface area contributed by atoms with E-state index in [0.29, 0.717) is 18.7 Å². The van der Waals surface area contributed by atoms with Crippen LogP contribution < -0.4 is 15.4 Å². The molecule has 1 aromatic rings. The van der Waals surface area contributed by atoms with Crippen LogP contribution >= 0.6 is 24.0 Å². The van der Waals surface area contributed by atoms with Gasteiger partial charge in [0, 0.05) is 13.1 Å². The molecule has 0 saturated heterocycles. The highest BCUT2D eigenvalue weighted by atomic mass is 127. The predicted molar refractivity (Wildman–Crippen MR) is 91.7 cm³/mol. The molecule has 0 atom stereocenters. The molecule has 0 radical (unpaired) electrons. The number of rotatable bonds is 6. The first-order valence-electron chi connectivity index (χ1n) is 6.45. The fourth-order valence-corrected chi connectivity index (χ4v) is 1.46. The van der Waals surface area contributed by atoms with Crippen LogP contribution in [0.1, 0.15) is 19.4 Å². The van der Waals surface area contributed by atoms with Crippen LogP contribution in [0.5, 0.6) is 5.75 Å². The first kappa shape index (κ1) is 18.5. The minimum absolute atomic E-state index is 0. The van der Waals surface area contributed by atoms with Crippen LogP contribution in [-0.4, -0.2) is 32.2 Å². The number of halogens is 1. The number of benzene rings is 1. The summed E-state index contributed by atoms with van der Waals surface area (Å²) in [6, 6.07) is 9.12. The number of hydrogen-bond acceptors (Lipinski definition) is 3. The van der Waals surface area contributed by atoms with E-state index in [1.165, 1.54) is 0 Å². The lowest BCUT2D eigenvalue weighted by Crippen LogP contribution is -2.37. The van der Waals surface area contributed by atoms with E-state index in [9.17, 15) is 0 Å². The number of nitrogens with zero attached hydrogens (tertiary/aromatic N) is 2. The molecular formula is C14H21IN4O. The van der Waals surface area contributed by atoms with Crippen molar-refractivity contribution in [1.82, 2.24) is 10.6 Å². The first-order chi connectivity index (χ1) is 9.30. The minimum Gasteiger partial charge on any atom is -0.492 e. The molecule has 1 rings (SSSR count). The lowest BCUT2D eigenvalue weighted by Gasteiger charge is -2.09. The van der Waals surface area contributed by atoms with Crippen molar-refractivity contribution in [2.75, 3.05) is 26.2 Å². The molecular weight excluding hydrogens is 367 g/mol. The summed E-state index contributed by atoms with van der Waals surface area (Å²) in [7, 11) is 0. The molecule has 0 aliphatic rings. The van der Waals surface area contributed by atoms with Crippen LogP contribution in [0.4, 0.5) is 0 Å². The maximum Gasteiger partial charge on any atom is 0.191 e. The Bertz CT molecular complexity index is 431. The lowest BCUT2D eigenvalue weighted by molar-refractivity contribution is 0.328. The molecule has 0 aliphatic carbocycles. The highest BCUT2D eigenvalue weighted by Gasteiger charge is 1.96. The zero-order valence-electron chi connectivity index (χ0n) is 11.8. The van der Waals surface area contributed by atoms with E-state index in [1.54, 1.807) is 24.3 Å². The van der Waals surface area contributed by atoms with Crippen molar-refractivity contribution in [2.24, 2.45) is 4.99 Å². The van der Waals surface area contributed by atoms with E-state index in [2.05, 4.69) is 21.7 Å². The average molecular weight is 388 g/mol. The molecule has 0 amide bonds. The second-order valence-electron chi connectivity index (χ2n) is 3.78. The molecule has 20 heavy (non-hydrogen) atoms. The minimum atomic E-state index is 0. The van der Waals surface area contributed by atoms with E-state index in [0.717, 1.165) is 24.8 Å². The second-order valence-corrected chi connectivity index (χ2v) is 3.78. The topological polar surface area (TPSA) is 69.4 Å². The molecule has 0 bridgehead atoms. The van der Waals surface area contributed by atoms with Crippen LogP contribution in [0, 0.1) is 11.3 Å². The van der Waals surface area contributed by atoms with E-state index in [1.807, 2.05) is 13.8 Å². The molecule has 0 heterocycles. The highest BCUT2D eigenvalue weighted by molar-refractivity contribution is 14.0. The molecule has 0 aliphatic heterocycles. The summed E-state index contributed by atoms with van der Waals surface area (Å²) in [6.07, 6.45) is 0. The van der Waals surface area contributed by atoms with Crippen molar-refractivity contribution >= 4 is 29.9 Å². The fourth-order valence-electron chi connectivity index (χ4n) is 1.46. The first-order valence-corrected chi connectivity index (χ1v) is 6.45. The smallest absolute Gasteiger partial charge is 0.191 e. The van der Waals surface area contributed by atoms with Crippen molar-refractivity contribution in [1.29, 1.82) is 5.26 Å². The van der Waals surface area contributed by atoms with Gasteiger partial charge in [0.15, 0.2) is 5.96 Å². The van der Waals surface area contributed by atoms with Gasteiger partial charge < -0.3 is 15.4 Å². The third kappa shape index (κ3) is 7.19. The number of guanidine groups is 1.